The number of nitrogens with zero attached hydrogens (tertiary/aromatic N) is 1. The monoisotopic (exact) mass is 346 g/mol. The van der Waals surface area contributed by atoms with Crippen molar-refractivity contribution < 1.29 is 27.8 Å². The number of carbonyl (C=O) groups is 1. The number of carbonyl (C=O) groups excluding carboxylic acids is 1. The van der Waals surface area contributed by atoms with Crippen molar-refractivity contribution in [2.24, 2.45) is 0 Å². The van der Waals surface area contributed by atoms with Crippen molar-refractivity contribution in [3.63, 3.8) is 0 Å². The summed E-state index contributed by atoms with van der Waals surface area (Å²) in [5.74, 6) is -0.324. The molecule has 0 fully saturated rings. The molecule has 1 atom stereocenters. The van der Waals surface area contributed by atoms with E-state index < -0.39 is 18.3 Å². The van der Waals surface area contributed by atoms with Crippen LogP contribution in [-0.2, 0) is 4.79 Å². The van der Waals surface area contributed by atoms with Crippen molar-refractivity contribution in [2.45, 2.75) is 19.3 Å². The minimum absolute atomic E-state index is 0.107. The second kappa shape index (κ2) is 6.28. The Morgan fingerprint density at radius 1 is 1.20 bits per heavy atom. The van der Waals surface area contributed by atoms with Crippen LogP contribution in [0.15, 0.2) is 42.5 Å². The Labute approximate surface area is 141 Å². The zero-order chi connectivity index (χ0) is 18.0. The van der Waals surface area contributed by atoms with E-state index in [2.05, 4.69) is 14.8 Å². The Kier molecular flexibility index (Phi) is 4.15. The molecule has 2 aromatic carbocycles. The van der Waals surface area contributed by atoms with E-state index in [1.807, 2.05) is 6.07 Å². The van der Waals surface area contributed by atoms with E-state index in [1.54, 1.807) is 24.3 Å². The van der Waals surface area contributed by atoms with E-state index in [1.165, 1.54) is 25.1 Å². The van der Waals surface area contributed by atoms with Crippen LogP contribution >= 0.6 is 0 Å². The zero-order valence-corrected chi connectivity index (χ0v) is 13.0. The molecule has 6 nitrogen and oxygen atoms in total. The number of benzene rings is 2. The largest absolute Gasteiger partial charge is 0.586 e. The summed E-state index contributed by atoms with van der Waals surface area (Å²) in [6.45, 7) is 1.54. The lowest BCUT2D eigenvalue weighted by Crippen LogP contribution is -2.30. The third kappa shape index (κ3) is 3.77. The van der Waals surface area contributed by atoms with E-state index in [4.69, 9.17) is 10.00 Å². The number of fused-ring (bicyclic) bond motifs is 1. The van der Waals surface area contributed by atoms with Crippen LogP contribution in [0.5, 0.6) is 17.2 Å². The van der Waals surface area contributed by atoms with Gasteiger partial charge in [0.2, 0.25) is 0 Å². The molecule has 0 aliphatic carbocycles. The highest BCUT2D eigenvalue weighted by Crippen LogP contribution is 2.42. The summed E-state index contributed by atoms with van der Waals surface area (Å²) < 4.78 is 40.1. The third-order valence-electron chi connectivity index (χ3n) is 3.33. The molecule has 0 aromatic heterocycles. The average Bonchev–Trinajstić information content (AvgIpc) is 2.88. The van der Waals surface area contributed by atoms with E-state index in [-0.39, 0.29) is 17.2 Å². The van der Waals surface area contributed by atoms with E-state index in [9.17, 15) is 13.6 Å². The summed E-state index contributed by atoms with van der Waals surface area (Å²) in [7, 11) is 0. The number of halogens is 2. The van der Waals surface area contributed by atoms with Crippen LogP contribution in [0.25, 0.3) is 0 Å². The fraction of sp³-hybridized carbons (Fsp3) is 0.176. The van der Waals surface area contributed by atoms with Crippen LogP contribution in [0.3, 0.4) is 0 Å². The minimum atomic E-state index is -3.71. The Balaban J connectivity index is 1.63. The topological polar surface area (TPSA) is 80.6 Å². The first-order valence-corrected chi connectivity index (χ1v) is 7.24. The number of hydrogen-bond acceptors (Lipinski definition) is 5. The van der Waals surface area contributed by atoms with Crippen molar-refractivity contribution in [2.75, 3.05) is 5.32 Å². The molecular formula is C17H12F2N2O4. The summed E-state index contributed by atoms with van der Waals surface area (Å²) in [6, 6.07) is 12.2. The van der Waals surface area contributed by atoms with Gasteiger partial charge in [0.15, 0.2) is 17.6 Å². The number of anilines is 1. The summed E-state index contributed by atoms with van der Waals surface area (Å²) in [4.78, 5) is 12.2. The molecule has 8 heteroatoms. The molecule has 0 spiro atoms. The maximum absolute atomic E-state index is 13.0. The molecule has 1 N–H and O–H groups in total. The molecule has 0 saturated carbocycles. The molecule has 1 heterocycles. The first-order valence-electron chi connectivity index (χ1n) is 7.24. The molecule has 1 aliphatic heterocycles. The fourth-order valence-corrected chi connectivity index (χ4v) is 2.14. The van der Waals surface area contributed by atoms with Gasteiger partial charge in [0.05, 0.1) is 11.6 Å². The van der Waals surface area contributed by atoms with Crippen molar-refractivity contribution in [3.05, 3.63) is 48.0 Å². The second-order valence-electron chi connectivity index (χ2n) is 5.21. The standard InChI is InChI=1S/C17H12F2N2O4/c1-10(23-13-5-2-11(9-20)3-6-13)16(22)21-12-4-7-14-15(8-12)25-17(18,19)24-14/h2-8,10H,1H3,(H,21,22)/t10-/m0/s1. The molecular weight excluding hydrogens is 334 g/mol. The predicted octanol–water partition coefficient (Wildman–Crippen LogP) is 3.29. The molecule has 3 rings (SSSR count). The van der Waals surface area contributed by atoms with Gasteiger partial charge in [-0.1, -0.05) is 0 Å². The van der Waals surface area contributed by atoms with E-state index in [0.29, 0.717) is 11.3 Å². The highest BCUT2D eigenvalue weighted by Gasteiger charge is 2.43. The van der Waals surface area contributed by atoms with Crippen LogP contribution in [0.1, 0.15) is 12.5 Å². The summed E-state index contributed by atoms with van der Waals surface area (Å²) in [6.07, 6.45) is -4.56. The van der Waals surface area contributed by atoms with Gasteiger partial charge in [0, 0.05) is 11.8 Å². The van der Waals surface area contributed by atoms with Crippen LogP contribution in [0, 0.1) is 11.3 Å². The molecule has 2 aromatic rings. The molecule has 0 saturated heterocycles. The third-order valence-corrected chi connectivity index (χ3v) is 3.33. The number of nitrogens with one attached hydrogen (secondary N) is 1. The molecule has 0 radical (unpaired) electrons. The van der Waals surface area contributed by atoms with Crippen molar-refractivity contribution in [3.8, 4) is 23.3 Å². The number of alkyl halides is 2. The molecule has 1 amide bonds. The number of amides is 1. The number of hydrogen-bond donors (Lipinski definition) is 1. The summed E-state index contributed by atoms with van der Waals surface area (Å²) >= 11 is 0. The van der Waals surface area contributed by atoms with Gasteiger partial charge in [-0.2, -0.15) is 5.26 Å². The minimum Gasteiger partial charge on any atom is -0.481 e. The van der Waals surface area contributed by atoms with E-state index in [0.717, 1.165) is 0 Å². The average molecular weight is 346 g/mol. The molecule has 0 unspecified atom stereocenters. The number of rotatable bonds is 4. The maximum atomic E-state index is 13.0. The van der Waals surface area contributed by atoms with Crippen LogP contribution < -0.4 is 19.5 Å². The maximum Gasteiger partial charge on any atom is 0.586 e. The number of nitriles is 1. The Morgan fingerprint density at radius 3 is 2.56 bits per heavy atom. The highest BCUT2D eigenvalue weighted by atomic mass is 19.3. The van der Waals surface area contributed by atoms with Crippen molar-refractivity contribution >= 4 is 11.6 Å². The molecule has 1 aliphatic rings. The Bertz CT molecular complexity index is 847. The van der Waals surface area contributed by atoms with Gasteiger partial charge < -0.3 is 19.5 Å². The van der Waals surface area contributed by atoms with Gasteiger partial charge >= 0.3 is 6.29 Å². The van der Waals surface area contributed by atoms with Gasteiger partial charge in [-0.15, -0.1) is 8.78 Å². The van der Waals surface area contributed by atoms with Crippen molar-refractivity contribution in [1.82, 2.24) is 0 Å². The predicted molar refractivity (Wildman–Crippen MR) is 82.5 cm³/mol. The van der Waals surface area contributed by atoms with E-state index >= 15 is 0 Å². The summed E-state index contributed by atoms with van der Waals surface area (Å²) in [5.41, 5.74) is 0.738. The van der Waals surface area contributed by atoms with Gasteiger partial charge in [-0.3, -0.25) is 4.79 Å². The number of ether oxygens (including phenoxy) is 3. The van der Waals surface area contributed by atoms with Gasteiger partial charge in [0.1, 0.15) is 5.75 Å². The summed E-state index contributed by atoms with van der Waals surface area (Å²) in [5, 5.41) is 11.3. The first kappa shape index (κ1) is 16.5. The van der Waals surface area contributed by atoms with Crippen LogP contribution in [-0.4, -0.2) is 18.3 Å². The van der Waals surface area contributed by atoms with Crippen LogP contribution in [0.4, 0.5) is 14.5 Å². The van der Waals surface area contributed by atoms with Crippen molar-refractivity contribution in [1.29, 1.82) is 5.26 Å². The zero-order valence-electron chi connectivity index (χ0n) is 13.0. The molecule has 128 valence electrons. The lowest BCUT2D eigenvalue weighted by molar-refractivity contribution is -0.286. The Hall–Kier alpha value is -3.34. The second-order valence-corrected chi connectivity index (χ2v) is 5.21. The quantitative estimate of drug-likeness (QED) is 0.919. The normalized spacial score (nSPS) is 15.1. The van der Waals surface area contributed by atoms with Gasteiger partial charge in [-0.25, -0.2) is 0 Å². The smallest absolute Gasteiger partial charge is 0.481 e. The highest BCUT2D eigenvalue weighted by molar-refractivity contribution is 5.94. The lowest BCUT2D eigenvalue weighted by atomic mass is 10.2. The molecule has 0 bridgehead atoms. The fourth-order valence-electron chi connectivity index (χ4n) is 2.14. The SMILES string of the molecule is C[C@H](Oc1ccc(C#N)cc1)C(=O)Nc1ccc2c(c1)OC(F)(F)O2. The van der Waals surface area contributed by atoms with Gasteiger partial charge in [0.25, 0.3) is 5.91 Å². The molecule has 25 heavy (non-hydrogen) atoms. The van der Waals surface area contributed by atoms with Crippen LogP contribution in [0.2, 0.25) is 0 Å². The van der Waals surface area contributed by atoms with Gasteiger partial charge in [-0.05, 0) is 43.3 Å². The Morgan fingerprint density at radius 2 is 1.88 bits per heavy atom. The first-order chi connectivity index (χ1) is 11.9. The lowest BCUT2D eigenvalue weighted by Gasteiger charge is -2.15.